The van der Waals surface area contributed by atoms with E-state index in [0.717, 1.165) is 31.4 Å². The lowest BCUT2D eigenvalue weighted by atomic mass is 10.0. The number of oxime groups is 1. The van der Waals surface area contributed by atoms with Crippen LogP contribution in [0.2, 0.25) is 10.0 Å². The minimum absolute atomic E-state index is 0.00907. The fourth-order valence-electron chi connectivity index (χ4n) is 3.43. The summed E-state index contributed by atoms with van der Waals surface area (Å²) in [6, 6.07) is 13.0. The summed E-state index contributed by atoms with van der Waals surface area (Å²) in [5.74, 6) is -2.87. The lowest BCUT2D eigenvalue weighted by Gasteiger charge is -2.16. The Balaban J connectivity index is 1.71. The first-order valence-electron chi connectivity index (χ1n) is 11.1. The molecule has 0 saturated carbocycles. The van der Waals surface area contributed by atoms with Crippen LogP contribution in [0.1, 0.15) is 27.0 Å². The summed E-state index contributed by atoms with van der Waals surface area (Å²) in [6.45, 7) is 0. The number of hydrogen-bond donors (Lipinski definition) is 3. The summed E-state index contributed by atoms with van der Waals surface area (Å²) in [5, 5.41) is 18.5. The van der Waals surface area contributed by atoms with Crippen molar-refractivity contribution in [3.8, 4) is 0 Å². The summed E-state index contributed by atoms with van der Waals surface area (Å²) >= 11 is 12.1. The van der Waals surface area contributed by atoms with E-state index in [1.54, 1.807) is 18.2 Å². The molecule has 3 rings (SSSR count). The van der Waals surface area contributed by atoms with Crippen LogP contribution >= 0.6 is 23.2 Å². The molecule has 2 amide bonds. The molecule has 204 valence electrons. The smallest absolute Gasteiger partial charge is 0.416 e. The van der Waals surface area contributed by atoms with Crippen LogP contribution in [-0.2, 0) is 27.0 Å². The third-order valence-corrected chi connectivity index (χ3v) is 5.96. The maximum atomic E-state index is 12.9. The molecule has 0 aliphatic heterocycles. The van der Waals surface area contributed by atoms with Crippen LogP contribution in [0.5, 0.6) is 0 Å². The molecule has 0 aromatic heterocycles. The van der Waals surface area contributed by atoms with Crippen molar-refractivity contribution in [2.75, 3.05) is 12.4 Å². The highest BCUT2D eigenvalue weighted by Crippen LogP contribution is 2.29. The van der Waals surface area contributed by atoms with Gasteiger partial charge >= 0.3 is 12.1 Å². The number of benzene rings is 3. The first kappa shape index (κ1) is 29.5. The van der Waals surface area contributed by atoms with Gasteiger partial charge in [-0.1, -0.05) is 58.7 Å². The number of halogens is 5. The Morgan fingerprint density at radius 2 is 1.56 bits per heavy atom. The zero-order chi connectivity index (χ0) is 28.7. The standard InChI is InChI=1S/C26H20Cl2F3N3O5/c1-39-34-22(15-7-9-16(10-8-15)26(29,30)31)24(36)33-20(25(37)38)13-14-5-11-17(12-6-14)32-23(35)21-18(27)3-2-4-19(21)28/h2-12,20H,13H2,1H3,(H,32,35)(H,33,36)(H,37,38)/t20-/m0/s1. The molecule has 8 nitrogen and oxygen atoms in total. The van der Waals surface area contributed by atoms with E-state index in [1.165, 1.54) is 24.3 Å². The van der Waals surface area contributed by atoms with Crippen molar-refractivity contribution < 1.29 is 37.5 Å². The number of carbonyl (C=O) groups excluding carboxylic acids is 2. The second-order valence-corrected chi connectivity index (χ2v) is 8.83. The van der Waals surface area contributed by atoms with Crippen LogP contribution < -0.4 is 10.6 Å². The van der Waals surface area contributed by atoms with Crippen molar-refractivity contribution in [1.82, 2.24) is 5.32 Å². The van der Waals surface area contributed by atoms with Gasteiger partial charge in [0.05, 0.1) is 21.2 Å². The van der Waals surface area contributed by atoms with E-state index < -0.39 is 41.3 Å². The van der Waals surface area contributed by atoms with Crippen molar-refractivity contribution in [1.29, 1.82) is 0 Å². The van der Waals surface area contributed by atoms with Crippen LogP contribution in [0.25, 0.3) is 0 Å². The molecule has 1 atom stereocenters. The molecule has 0 radical (unpaired) electrons. The van der Waals surface area contributed by atoms with Gasteiger partial charge in [-0.05, 0) is 42.0 Å². The van der Waals surface area contributed by atoms with Gasteiger partial charge in [-0.3, -0.25) is 9.59 Å². The maximum Gasteiger partial charge on any atom is 0.416 e. The Labute approximate surface area is 230 Å². The predicted molar refractivity (Wildman–Crippen MR) is 139 cm³/mol. The zero-order valence-electron chi connectivity index (χ0n) is 20.1. The van der Waals surface area contributed by atoms with Crippen molar-refractivity contribution in [3.63, 3.8) is 0 Å². The number of hydrogen-bond acceptors (Lipinski definition) is 5. The molecular formula is C26H20Cl2F3N3O5. The molecule has 0 bridgehead atoms. The van der Waals surface area contributed by atoms with Gasteiger partial charge in [0.1, 0.15) is 13.2 Å². The van der Waals surface area contributed by atoms with Crippen LogP contribution in [0.4, 0.5) is 18.9 Å². The van der Waals surface area contributed by atoms with E-state index in [4.69, 9.17) is 23.2 Å². The van der Waals surface area contributed by atoms with Gasteiger partial charge in [0, 0.05) is 17.7 Å². The molecule has 0 unspecified atom stereocenters. The van der Waals surface area contributed by atoms with Crippen molar-refractivity contribution in [2.24, 2.45) is 5.16 Å². The summed E-state index contributed by atoms with van der Waals surface area (Å²) in [5.41, 5.74) is -0.371. The summed E-state index contributed by atoms with van der Waals surface area (Å²) in [4.78, 5) is 41.8. The molecule has 39 heavy (non-hydrogen) atoms. The number of alkyl halides is 3. The largest absolute Gasteiger partial charge is 0.480 e. The van der Waals surface area contributed by atoms with Crippen molar-refractivity contribution in [2.45, 2.75) is 18.6 Å². The first-order valence-corrected chi connectivity index (χ1v) is 11.8. The van der Waals surface area contributed by atoms with Crippen LogP contribution in [0.3, 0.4) is 0 Å². The normalized spacial score (nSPS) is 12.4. The average molecular weight is 582 g/mol. The Kier molecular flexibility index (Phi) is 9.55. The van der Waals surface area contributed by atoms with E-state index >= 15 is 0 Å². The molecule has 13 heteroatoms. The highest BCUT2D eigenvalue weighted by atomic mass is 35.5. The molecule has 0 heterocycles. The third kappa shape index (κ3) is 7.71. The molecule has 0 saturated heterocycles. The Morgan fingerprint density at radius 3 is 2.08 bits per heavy atom. The lowest BCUT2D eigenvalue weighted by molar-refractivity contribution is -0.141. The van der Waals surface area contributed by atoms with Gasteiger partial charge in [0.2, 0.25) is 0 Å². The molecule has 3 aromatic rings. The fraction of sp³-hybridized carbons (Fsp3) is 0.154. The fourth-order valence-corrected chi connectivity index (χ4v) is 4.00. The second-order valence-electron chi connectivity index (χ2n) is 8.01. The first-order chi connectivity index (χ1) is 18.4. The van der Waals surface area contributed by atoms with Gasteiger partial charge in [0.25, 0.3) is 11.8 Å². The Morgan fingerprint density at radius 1 is 0.974 bits per heavy atom. The van der Waals surface area contributed by atoms with Gasteiger partial charge in [-0.15, -0.1) is 0 Å². The monoisotopic (exact) mass is 581 g/mol. The predicted octanol–water partition coefficient (Wildman–Crippen LogP) is 5.43. The molecule has 0 aliphatic rings. The highest BCUT2D eigenvalue weighted by molar-refractivity contribution is 6.45. The summed E-state index contributed by atoms with van der Waals surface area (Å²) in [7, 11) is 1.13. The van der Waals surface area contributed by atoms with Gasteiger partial charge in [-0.25, -0.2) is 4.79 Å². The van der Waals surface area contributed by atoms with Gasteiger partial charge < -0.3 is 20.6 Å². The van der Waals surface area contributed by atoms with E-state index in [0.29, 0.717) is 11.3 Å². The third-order valence-electron chi connectivity index (χ3n) is 5.33. The van der Waals surface area contributed by atoms with Gasteiger partial charge in [-0.2, -0.15) is 13.2 Å². The molecular weight excluding hydrogens is 562 g/mol. The number of nitrogens with one attached hydrogen (secondary N) is 2. The van der Waals surface area contributed by atoms with Crippen LogP contribution in [0.15, 0.2) is 71.9 Å². The average Bonchev–Trinajstić information content (AvgIpc) is 2.87. The number of aliphatic carboxylic acids is 1. The van der Waals surface area contributed by atoms with Crippen molar-refractivity contribution in [3.05, 3.63) is 99.0 Å². The van der Waals surface area contributed by atoms with Crippen LogP contribution in [0, 0.1) is 0 Å². The van der Waals surface area contributed by atoms with Crippen LogP contribution in [-0.4, -0.2) is 41.8 Å². The number of carbonyl (C=O) groups is 3. The topological polar surface area (TPSA) is 117 Å². The number of nitrogens with zero attached hydrogens (tertiary/aromatic N) is 1. The SMILES string of the molecule is CON=C(C(=O)N[C@@H](Cc1ccc(NC(=O)c2c(Cl)cccc2Cl)cc1)C(=O)O)c1ccc(C(F)(F)F)cc1. The molecule has 0 spiro atoms. The number of carboxylic acids is 1. The highest BCUT2D eigenvalue weighted by Gasteiger charge is 2.31. The van der Waals surface area contributed by atoms with E-state index in [9.17, 15) is 32.7 Å². The summed E-state index contributed by atoms with van der Waals surface area (Å²) in [6.07, 6.45) is -4.73. The number of amides is 2. The lowest BCUT2D eigenvalue weighted by Crippen LogP contribution is -2.45. The molecule has 3 aromatic carbocycles. The number of rotatable bonds is 9. The molecule has 0 aliphatic carbocycles. The minimum Gasteiger partial charge on any atom is -0.480 e. The summed E-state index contributed by atoms with van der Waals surface area (Å²) < 4.78 is 38.6. The van der Waals surface area contributed by atoms with E-state index in [2.05, 4.69) is 20.6 Å². The number of carboxylic acid groups (broad SMARTS) is 1. The Bertz CT molecular complexity index is 1380. The molecule has 0 fully saturated rings. The van der Waals surface area contributed by atoms with Crippen molar-refractivity contribution >= 4 is 52.4 Å². The minimum atomic E-state index is -4.58. The quantitative estimate of drug-likeness (QED) is 0.230. The molecule has 3 N–H and O–H groups in total. The Hall–Kier alpha value is -4.09. The van der Waals surface area contributed by atoms with E-state index in [1.807, 2.05) is 0 Å². The zero-order valence-corrected chi connectivity index (χ0v) is 21.6. The number of anilines is 1. The second kappa shape index (κ2) is 12.6. The van der Waals surface area contributed by atoms with Gasteiger partial charge in [0.15, 0.2) is 5.71 Å². The maximum absolute atomic E-state index is 12.9. The van der Waals surface area contributed by atoms with E-state index in [-0.39, 0.29) is 27.6 Å².